The lowest BCUT2D eigenvalue weighted by atomic mass is 9.96. The van der Waals surface area contributed by atoms with E-state index in [1.807, 2.05) is 0 Å². The molecule has 1 N–H and O–H groups in total. The number of rotatable bonds is 1. The van der Waals surface area contributed by atoms with Crippen molar-refractivity contribution < 1.29 is 22.8 Å². The molecule has 0 saturated heterocycles. The molecule has 106 valence electrons. The number of ketones is 1. The highest BCUT2D eigenvalue weighted by atomic mass is 19.4. The van der Waals surface area contributed by atoms with Crippen LogP contribution in [0.4, 0.5) is 18.9 Å². The molecule has 0 atom stereocenters. The van der Waals surface area contributed by atoms with Gasteiger partial charge < -0.3 is 5.32 Å². The van der Waals surface area contributed by atoms with Crippen molar-refractivity contribution in [2.45, 2.75) is 6.18 Å². The summed E-state index contributed by atoms with van der Waals surface area (Å²) in [7, 11) is 0. The zero-order chi connectivity index (χ0) is 15.2. The number of Topliss-reactive ketones (excluding diaryl/α,β-unsaturated/α-hetero) is 1. The highest BCUT2D eigenvalue weighted by Crippen LogP contribution is 2.35. The van der Waals surface area contributed by atoms with Gasteiger partial charge in [0.15, 0.2) is 0 Å². The number of nitrogens with one attached hydrogen (secondary N) is 1. The Morgan fingerprint density at radius 1 is 0.905 bits per heavy atom. The molecule has 2 aromatic rings. The van der Waals surface area contributed by atoms with Crippen molar-refractivity contribution in [1.82, 2.24) is 0 Å². The van der Waals surface area contributed by atoms with E-state index in [4.69, 9.17) is 0 Å². The molecule has 1 amide bonds. The summed E-state index contributed by atoms with van der Waals surface area (Å²) in [5.41, 5.74) is 0.693. The largest absolute Gasteiger partial charge is 0.416 e. The number of amides is 1. The molecule has 6 heteroatoms. The monoisotopic (exact) mass is 291 g/mol. The van der Waals surface area contributed by atoms with E-state index in [0.717, 1.165) is 12.1 Å². The van der Waals surface area contributed by atoms with Crippen LogP contribution >= 0.6 is 0 Å². The maximum atomic E-state index is 12.5. The highest BCUT2D eigenvalue weighted by Gasteiger charge is 2.32. The highest BCUT2D eigenvalue weighted by molar-refractivity contribution is 6.52. The molecule has 0 aliphatic carbocycles. The first kappa shape index (κ1) is 13.4. The molecule has 1 heterocycles. The summed E-state index contributed by atoms with van der Waals surface area (Å²) >= 11 is 0. The third-order valence-corrected chi connectivity index (χ3v) is 3.27. The van der Waals surface area contributed by atoms with Gasteiger partial charge in [-0.3, -0.25) is 9.59 Å². The SMILES string of the molecule is O=C1Nc2cccc(-c3ccc(C(F)(F)F)cc3)c2C1=O. The van der Waals surface area contributed by atoms with Crippen molar-refractivity contribution in [3.8, 4) is 11.1 Å². The lowest BCUT2D eigenvalue weighted by Crippen LogP contribution is -2.12. The molecule has 0 bridgehead atoms. The van der Waals surface area contributed by atoms with E-state index < -0.39 is 23.4 Å². The molecule has 0 radical (unpaired) electrons. The zero-order valence-corrected chi connectivity index (χ0v) is 10.5. The van der Waals surface area contributed by atoms with Crippen LogP contribution in [0.15, 0.2) is 42.5 Å². The summed E-state index contributed by atoms with van der Waals surface area (Å²) in [6, 6.07) is 9.27. The molecular weight excluding hydrogens is 283 g/mol. The fourth-order valence-corrected chi connectivity index (χ4v) is 2.27. The minimum absolute atomic E-state index is 0.197. The van der Waals surface area contributed by atoms with Crippen molar-refractivity contribution in [1.29, 1.82) is 0 Å². The molecule has 3 nitrogen and oxygen atoms in total. The second kappa shape index (κ2) is 4.44. The first-order valence-electron chi connectivity index (χ1n) is 6.04. The van der Waals surface area contributed by atoms with Gasteiger partial charge in [0.1, 0.15) is 0 Å². The number of anilines is 1. The molecule has 0 fully saturated rings. The minimum Gasteiger partial charge on any atom is -0.318 e. The van der Waals surface area contributed by atoms with Crippen LogP contribution in [0.3, 0.4) is 0 Å². The number of fused-ring (bicyclic) bond motifs is 1. The van der Waals surface area contributed by atoms with Gasteiger partial charge >= 0.3 is 6.18 Å². The van der Waals surface area contributed by atoms with Crippen LogP contribution in [-0.2, 0) is 11.0 Å². The average molecular weight is 291 g/mol. The predicted molar refractivity (Wildman–Crippen MR) is 69.8 cm³/mol. The Labute approximate surface area is 117 Å². The molecule has 1 aliphatic heterocycles. The lowest BCUT2D eigenvalue weighted by Gasteiger charge is -2.09. The number of hydrogen-bond acceptors (Lipinski definition) is 2. The van der Waals surface area contributed by atoms with E-state index in [2.05, 4.69) is 5.32 Å². The standard InChI is InChI=1S/C15H8F3NO2/c16-15(17,18)9-6-4-8(5-7-9)10-2-1-3-11-12(10)13(20)14(21)19-11/h1-7H,(H,19,20,21). The Balaban J connectivity index is 2.09. The Morgan fingerprint density at radius 3 is 2.19 bits per heavy atom. The summed E-state index contributed by atoms with van der Waals surface area (Å²) in [6.07, 6.45) is -4.41. The van der Waals surface area contributed by atoms with Gasteiger partial charge in [0.05, 0.1) is 16.8 Å². The predicted octanol–water partition coefficient (Wildman–Crippen LogP) is 3.51. The maximum absolute atomic E-state index is 12.5. The molecule has 3 rings (SSSR count). The Bertz CT molecular complexity index is 749. The van der Waals surface area contributed by atoms with Crippen LogP contribution in [0.5, 0.6) is 0 Å². The second-order valence-electron chi connectivity index (χ2n) is 4.59. The molecule has 0 aromatic heterocycles. The van der Waals surface area contributed by atoms with E-state index in [1.165, 1.54) is 12.1 Å². The van der Waals surface area contributed by atoms with Gasteiger partial charge in [-0.05, 0) is 29.3 Å². The van der Waals surface area contributed by atoms with Gasteiger partial charge in [-0.1, -0.05) is 24.3 Å². The van der Waals surface area contributed by atoms with Crippen molar-refractivity contribution in [2.75, 3.05) is 5.32 Å². The van der Waals surface area contributed by atoms with Gasteiger partial charge in [-0.15, -0.1) is 0 Å². The third-order valence-electron chi connectivity index (χ3n) is 3.27. The van der Waals surface area contributed by atoms with E-state index >= 15 is 0 Å². The van der Waals surface area contributed by atoms with Crippen molar-refractivity contribution in [3.63, 3.8) is 0 Å². The molecule has 1 aliphatic rings. The van der Waals surface area contributed by atoms with Crippen LogP contribution in [0.2, 0.25) is 0 Å². The van der Waals surface area contributed by atoms with Crippen LogP contribution in [0.25, 0.3) is 11.1 Å². The molecule has 21 heavy (non-hydrogen) atoms. The van der Waals surface area contributed by atoms with E-state index in [1.54, 1.807) is 18.2 Å². The zero-order valence-electron chi connectivity index (χ0n) is 10.5. The van der Waals surface area contributed by atoms with Gasteiger partial charge in [-0.2, -0.15) is 13.2 Å². The smallest absolute Gasteiger partial charge is 0.318 e. The summed E-state index contributed by atoms with van der Waals surface area (Å²) in [6.45, 7) is 0. The average Bonchev–Trinajstić information content (AvgIpc) is 2.73. The first-order valence-corrected chi connectivity index (χ1v) is 6.04. The first-order chi connectivity index (χ1) is 9.88. The van der Waals surface area contributed by atoms with Gasteiger partial charge in [0.25, 0.3) is 11.7 Å². The molecule has 0 spiro atoms. The fourth-order valence-electron chi connectivity index (χ4n) is 2.27. The summed E-state index contributed by atoms with van der Waals surface area (Å²) in [4.78, 5) is 23.2. The molecule has 0 unspecified atom stereocenters. The van der Waals surface area contributed by atoms with Crippen molar-refractivity contribution in [2.24, 2.45) is 0 Å². The normalized spacial score (nSPS) is 14.0. The summed E-state index contributed by atoms with van der Waals surface area (Å²) in [5, 5.41) is 2.42. The van der Waals surface area contributed by atoms with Crippen LogP contribution in [0.1, 0.15) is 15.9 Å². The number of alkyl halides is 3. The fraction of sp³-hybridized carbons (Fsp3) is 0.0667. The maximum Gasteiger partial charge on any atom is 0.416 e. The van der Waals surface area contributed by atoms with Gasteiger partial charge in [0, 0.05) is 0 Å². The van der Waals surface area contributed by atoms with Crippen LogP contribution in [0, 0.1) is 0 Å². The second-order valence-corrected chi connectivity index (χ2v) is 4.59. The third kappa shape index (κ3) is 2.18. The number of halogens is 3. The summed E-state index contributed by atoms with van der Waals surface area (Å²) in [5.74, 6) is -1.41. The van der Waals surface area contributed by atoms with Gasteiger partial charge in [-0.25, -0.2) is 0 Å². The van der Waals surface area contributed by atoms with Gasteiger partial charge in [0.2, 0.25) is 0 Å². The minimum atomic E-state index is -4.41. The Kier molecular flexibility index (Phi) is 2.83. The van der Waals surface area contributed by atoms with E-state index in [0.29, 0.717) is 16.8 Å². The van der Waals surface area contributed by atoms with Crippen molar-refractivity contribution in [3.05, 3.63) is 53.6 Å². The Hall–Kier alpha value is -2.63. The van der Waals surface area contributed by atoms with E-state index in [9.17, 15) is 22.8 Å². The molecule has 2 aromatic carbocycles. The van der Waals surface area contributed by atoms with Crippen LogP contribution in [-0.4, -0.2) is 11.7 Å². The topological polar surface area (TPSA) is 46.2 Å². The van der Waals surface area contributed by atoms with Crippen LogP contribution < -0.4 is 5.32 Å². The quantitative estimate of drug-likeness (QED) is 0.817. The Morgan fingerprint density at radius 2 is 1.57 bits per heavy atom. The number of carbonyl (C=O) groups is 2. The van der Waals surface area contributed by atoms with Crippen molar-refractivity contribution >= 4 is 17.4 Å². The lowest BCUT2D eigenvalue weighted by molar-refractivity contribution is -0.137. The number of benzene rings is 2. The number of carbonyl (C=O) groups excluding carboxylic acids is 2. The molecule has 0 saturated carbocycles. The van der Waals surface area contributed by atoms with E-state index in [-0.39, 0.29) is 5.56 Å². The number of hydrogen-bond donors (Lipinski definition) is 1. The molecular formula is C15H8F3NO2. The summed E-state index contributed by atoms with van der Waals surface area (Å²) < 4.78 is 37.6.